The van der Waals surface area contributed by atoms with Crippen LogP contribution in [0.15, 0.2) is 64.3 Å². The van der Waals surface area contributed by atoms with Gasteiger partial charge in [-0.3, -0.25) is 34.7 Å². The van der Waals surface area contributed by atoms with Gasteiger partial charge in [0, 0.05) is 17.3 Å². The predicted molar refractivity (Wildman–Crippen MR) is 127 cm³/mol. The van der Waals surface area contributed by atoms with Gasteiger partial charge in [0.25, 0.3) is 17.4 Å². The number of carbonyl (C=O) groups excluding carboxylic acids is 2. The topological polar surface area (TPSA) is 128 Å². The molecular weight excluding hydrogens is 436 g/mol. The smallest absolute Gasteiger partial charge is 0.287 e. The summed E-state index contributed by atoms with van der Waals surface area (Å²) < 4.78 is 2.67. The summed E-state index contributed by atoms with van der Waals surface area (Å²) in [6.07, 6.45) is 3.83. The van der Waals surface area contributed by atoms with Crippen molar-refractivity contribution >= 4 is 33.5 Å². The minimum Gasteiger partial charge on any atom is -0.287 e. The third kappa shape index (κ3) is 4.70. The monoisotopic (exact) mass is 460 g/mol. The summed E-state index contributed by atoms with van der Waals surface area (Å²) in [6.45, 7) is 2.24. The Morgan fingerprint density at radius 3 is 2.35 bits per heavy atom. The number of hydrogen-bond acceptors (Lipinski definition) is 6. The van der Waals surface area contributed by atoms with Crippen LogP contribution in [0, 0.1) is 0 Å². The van der Waals surface area contributed by atoms with Crippen molar-refractivity contribution in [1.29, 1.82) is 0 Å². The van der Waals surface area contributed by atoms with Gasteiger partial charge >= 0.3 is 0 Å². The van der Waals surface area contributed by atoms with Gasteiger partial charge in [0.05, 0.1) is 17.1 Å². The Hall–Kier alpha value is -4.34. The maximum Gasteiger partial charge on any atom is 0.290 e. The number of nitrogens with one attached hydrogen (secondary N) is 2. The van der Waals surface area contributed by atoms with Gasteiger partial charge in [-0.2, -0.15) is 10.2 Å². The first-order valence-electron chi connectivity index (χ1n) is 11.0. The number of carbonyl (C=O) groups is 2. The number of aromatic nitrogens is 4. The minimum atomic E-state index is -0.647. The summed E-state index contributed by atoms with van der Waals surface area (Å²) in [4.78, 5) is 50.1. The molecule has 0 aliphatic heterocycles. The summed E-state index contributed by atoms with van der Waals surface area (Å²) in [7, 11) is 0. The van der Waals surface area contributed by atoms with E-state index >= 15 is 0 Å². The molecule has 10 nitrogen and oxygen atoms in total. The Morgan fingerprint density at radius 2 is 1.59 bits per heavy atom. The molecule has 0 spiro atoms. The highest BCUT2D eigenvalue weighted by Gasteiger charge is 2.17. The third-order valence-corrected chi connectivity index (χ3v) is 5.43. The van der Waals surface area contributed by atoms with Crippen molar-refractivity contribution in [3.63, 3.8) is 0 Å². The van der Waals surface area contributed by atoms with Crippen LogP contribution in [0.5, 0.6) is 0 Å². The number of nitrogens with zero attached hydrogens (tertiary/aromatic N) is 4. The van der Waals surface area contributed by atoms with E-state index in [0.717, 1.165) is 25.5 Å². The van der Waals surface area contributed by atoms with E-state index in [1.807, 2.05) is 0 Å². The van der Waals surface area contributed by atoms with E-state index in [0.29, 0.717) is 28.2 Å². The quantitative estimate of drug-likeness (QED) is 0.320. The number of amides is 2. The molecule has 0 aliphatic rings. The third-order valence-electron chi connectivity index (χ3n) is 5.43. The van der Waals surface area contributed by atoms with Crippen molar-refractivity contribution in [3.05, 3.63) is 81.0 Å². The molecule has 4 rings (SSSR count). The Labute approximate surface area is 194 Å². The number of rotatable bonds is 7. The van der Waals surface area contributed by atoms with E-state index in [4.69, 9.17) is 0 Å². The van der Waals surface area contributed by atoms with Crippen LogP contribution >= 0.6 is 0 Å². The molecule has 2 aromatic carbocycles. The molecule has 2 N–H and O–H groups in total. The summed E-state index contributed by atoms with van der Waals surface area (Å²) in [6, 6.07) is 13.6. The van der Waals surface area contributed by atoms with Crippen LogP contribution < -0.4 is 21.8 Å². The largest absolute Gasteiger partial charge is 0.290 e. The van der Waals surface area contributed by atoms with Crippen LogP contribution in [0.1, 0.15) is 36.7 Å². The predicted octanol–water partition coefficient (Wildman–Crippen LogP) is 1.76. The molecule has 2 amide bonds. The number of aryl methyl sites for hydroxylation is 1. The first-order chi connectivity index (χ1) is 16.5. The minimum absolute atomic E-state index is 0.0407. The second-order valence-electron chi connectivity index (χ2n) is 7.82. The molecule has 0 aliphatic carbocycles. The van der Waals surface area contributed by atoms with Crippen molar-refractivity contribution in [2.75, 3.05) is 0 Å². The Morgan fingerprint density at radius 1 is 0.882 bits per heavy atom. The second-order valence-corrected chi connectivity index (χ2v) is 7.82. The van der Waals surface area contributed by atoms with Gasteiger partial charge < -0.3 is 0 Å². The average Bonchev–Trinajstić information content (AvgIpc) is 2.86. The molecule has 0 bridgehead atoms. The lowest BCUT2D eigenvalue weighted by atomic mass is 10.1. The standard InChI is InChI=1S/C24H24N6O4/c1-2-3-8-13-29-24(34)17-10-5-4-9-16(17)22(28-29)23(33)27-26-21(32)15-30-19-12-7-6-11-18(19)20(31)14-25-30/h4-7,9-12,14H,2-3,8,13,15H2,1H3,(H,26,32)(H,27,33). The van der Waals surface area contributed by atoms with E-state index in [1.54, 1.807) is 48.5 Å². The van der Waals surface area contributed by atoms with Gasteiger partial charge in [-0.1, -0.05) is 50.1 Å². The Balaban J connectivity index is 1.53. The van der Waals surface area contributed by atoms with E-state index in [-0.39, 0.29) is 23.2 Å². The Kier molecular flexibility index (Phi) is 6.77. The molecule has 2 heterocycles. The zero-order valence-electron chi connectivity index (χ0n) is 18.7. The van der Waals surface area contributed by atoms with Crippen molar-refractivity contribution in [2.24, 2.45) is 0 Å². The van der Waals surface area contributed by atoms with Crippen LogP contribution in [-0.2, 0) is 17.9 Å². The van der Waals surface area contributed by atoms with Crippen LogP contribution in [0.25, 0.3) is 21.7 Å². The molecule has 0 atom stereocenters. The summed E-state index contributed by atoms with van der Waals surface area (Å²) in [5.74, 6) is -1.19. The lowest BCUT2D eigenvalue weighted by Crippen LogP contribution is -2.44. The maximum absolute atomic E-state index is 12.9. The molecule has 0 saturated carbocycles. The van der Waals surface area contributed by atoms with Gasteiger partial charge in [0.1, 0.15) is 6.54 Å². The fraction of sp³-hybridized carbons (Fsp3) is 0.250. The molecule has 0 fully saturated rings. The summed E-state index contributed by atoms with van der Waals surface area (Å²) >= 11 is 0. The van der Waals surface area contributed by atoms with Gasteiger partial charge in [0.15, 0.2) is 5.69 Å². The van der Waals surface area contributed by atoms with Crippen molar-refractivity contribution in [1.82, 2.24) is 30.4 Å². The molecule has 0 saturated heterocycles. The molecule has 174 valence electrons. The molecule has 10 heteroatoms. The molecule has 4 aromatic rings. The Bertz CT molecular complexity index is 1490. The first kappa shape index (κ1) is 22.8. The van der Waals surface area contributed by atoms with E-state index < -0.39 is 11.8 Å². The van der Waals surface area contributed by atoms with Crippen LogP contribution in [0.2, 0.25) is 0 Å². The highest BCUT2D eigenvalue weighted by molar-refractivity contribution is 6.05. The lowest BCUT2D eigenvalue weighted by molar-refractivity contribution is -0.122. The average molecular weight is 460 g/mol. The van der Waals surface area contributed by atoms with Gasteiger partial charge in [-0.05, 0) is 24.6 Å². The number of fused-ring (bicyclic) bond motifs is 2. The number of unbranched alkanes of at least 4 members (excludes halogenated alkanes) is 2. The maximum atomic E-state index is 12.9. The number of para-hydroxylation sites is 1. The summed E-state index contributed by atoms with van der Waals surface area (Å²) in [5, 5.41) is 9.51. The van der Waals surface area contributed by atoms with Crippen LogP contribution in [0.3, 0.4) is 0 Å². The lowest BCUT2D eigenvalue weighted by Gasteiger charge is -2.13. The summed E-state index contributed by atoms with van der Waals surface area (Å²) in [5.41, 5.74) is 4.76. The molecular formula is C24H24N6O4. The van der Waals surface area contributed by atoms with Gasteiger partial charge in [-0.25, -0.2) is 4.68 Å². The molecule has 34 heavy (non-hydrogen) atoms. The molecule has 0 unspecified atom stereocenters. The van der Waals surface area contributed by atoms with Crippen molar-refractivity contribution in [2.45, 2.75) is 39.3 Å². The normalized spacial score (nSPS) is 11.0. The fourth-order valence-electron chi connectivity index (χ4n) is 3.71. The highest BCUT2D eigenvalue weighted by atomic mass is 16.2. The van der Waals surface area contributed by atoms with Gasteiger partial charge in [-0.15, -0.1) is 0 Å². The van der Waals surface area contributed by atoms with E-state index in [1.165, 1.54) is 9.36 Å². The number of benzene rings is 2. The molecule has 0 radical (unpaired) electrons. The van der Waals surface area contributed by atoms with Gasteiger partial charge in [0.2, 0.25) is 5.43 Å². The van der Waals surface area contributed by atoms with E-state index in [9.17, 15) is 19.2 Å². The fourth-order valence-corrected chi connectivity index (χ4v) is 3.71. The van der Waals surface area contributed by atoms with Crippen LogP contribution in [0.4, 0.5) is 0 Å². The first-order valence-corrected chi connectivity index (χ1v) is 11.0. The number of hydrazine groups is 1. The second kappa shape index (κ2) is 10.1. The zero-order chi connectivity index (χ0) is 24.1. The molecule has 2 aromatic heterocycles. The highest BCUT2D eigenvalue weighted by Crippen LogP contribution is 2.13. The zero-order valence-corrected chi connectivity index (χ0v) is 18.7. The van der Waals surface area contributed by atoms with Crippen molar-refractivity contribution in [3.8, 4) is 0 Å². The van der Waals surface area contributed by atoms with E-state index in [2.05, 4.69) is 28.0 Å². The van der Waals surface area contributed by atoms with Crippen LogP contribution in [-0.4, -0.2) is 31.4 Å². The van der Waals surface area contributed by atoms with Crippen molar-refractivity contribution < 1.29 is 9.59 Å². The SMILES string of the molecule is CCCCCn1nc(C(=O)NNC(=O)Cn2ncc(=O)c3ccccc32)c2ccccc2c1=O. The number of hydrogen-bond donors (Lipinski definition) is 2.